The molecule has 1 rings (SSSR count). The van der Waals surface area contributed by atoms with E-state index in [2.05, 4.69) is 0 Å². The van der Waals surface area contributed by atoms with Crippen LogP contribution in [0.4, 0.5) is 87.8 Å². The van der Waals surface area contributed by atoms with Crippen LogP contribution in [0, 0.1) is 5.41 Å². The van der Waals surface area contributed by atoms with E-state index in [1.165, 1.54) is 0 Å². The maximum atomic E-state index is 14.0. The fourth-order valence-electron chi connectivity index (χ4n) is 2.66. The highest BCUT2D eigenvalue weighted by molar-refractivity contribution is 5.49. The van der Waals surface area contributed by atoms with Crippen molar-refractivity contribution in [3.05, 3.63) is 11.4 Å². The normalized spacial score (nSPS) is 21.3. The van der Waals surface area contributed by atoms with E-state index >= 15 is 0 Å². The van der Waals surface area contributed by atoms with Crippen LogP contribution in [0.5, 0.6) is 0 Å². The van der Waals surface area contributed by atoms with Crippen molar-refractivity contribution in [1.29, 1.82) is 0 Å². The molecule has 0 saturated heterocycles. The first-order chi connectivity index (χ1) is 13.0. The predicted molar refractivity (Wildman–Crippen MR) is 53.5 cm³/mol. The number of rotatable bonds is 3. The van der Waals surface area contributed by atoms with Crippen molar-refractivity contribution in [2.24, 2.45) is 5.41 Å². The molecule has 0 N–H and O–H groups in total. The monoisotopic (exact) mass is 512 g/mol. The van der Waals surface area contributed by atoms with Gasteiger partial charge in [-0.15, -0.1) is 0 Å². The third-order valence-corrected chi connectivity index (χ3v) is 4.11. The average molecular weight is 512 g/mol. The van der Waals surface area contributed by atoms with Gasteiger partial charge in [-0.1, -0.05) is 0 Å². The van der Waals surface area contributed by atoms with Gasteiger partial charge in [0, 0.05) is 0 Å². The second-order valence-electron chi connectivity index (χ2n) is 5.81. The molecule has 0 bridgehead atoms. The Labute approximate surface area is 154 Å². The van der Waals surface area contributed by atoms with Crippen LogP contribution in [0.3, 0.4) is 0 Å². The summed E-state index contributed by atoms with van der Waals surface area (Å²) in [5.41, 5.74) is -22.9. The number of allylic oxidation sites excluding steroid dienone is 2. The zero-order chi connectivity index (χ0) is 25.7. The van der Waals surface area contributed by atoms with Gasteiger partial charge in [0.2, 0.25) is 0 Å². The third kappa shape index (κ3) is 2.83. The summed E-state index contributed by atoms with van der Waals surface area (Å²) in [6.07, 6.45) is -34.0. The maximum absolute atomic E-state index is 14.0. The Kier molecular flexibility index (Phi) is 5.50. The van der Waals surface area contributed by atoms with Crippen LogP contribution in [-0.2, 0) is 0 Å². The molecule has 0 aromatic carbocycles. The molecule has 0 unspecified atom stereocenters. The summed E-state index contributed by atoms with van der Waals surface area (Å²) in [5.74, 6) is -28.1. The Morgan fingerprint density at radius 2 is 0.742 bits per heavy atom. The predicted octanol–water partition coefficient (Wildman–Crippen LogP) is 7.07. The summed E-state index contributed by atoms with van der Waals surface area (Å²) < 4.78 is 260. The molecule has 1 aliphatic rings. The molecule has 1 aliphatic carbocycles. The van der Waals surface area contributed by atoms with Gasteiger partial charge in [0.05, 0.1) is 5.57 Å². The Morgan fingerprint density at radius 3 is 0.935 bits per heavy atom. The summed E-state index contributed by atoms with van der Waals surface area (Å²) in [7, 11) is 0. The van der Waals surface area contributed by atoms with E-state index in [0.29, 0.717) is 0 Å². The quantitative estimate of drug-likeness (QED) is 0.355. The Hall–Kier alpha value is -1.66. The summed E-state index contributed by atoms with van der Waals surface area (Å²) in [6.45, 7) is 0. The van der Waals surface area contributed by atoms with E-state index in [9.17, 15) is 87.8 Å². The molecule has 0 saturated carbocycles. The second-order valence-corrected chi connectivity index (χ2v) is 5.81. The lowest BCUT2D eigenvalue weighted by atomic mass is 9.60. The van der Waals surface area contributed by atoms with Crippen LogP contribution in [0.15, 0.2) is 11.4 Å². The van der Waals surface area contributed by atoms with Gasteiger partial charge in [0.25, 0.3) is 5.41 Å². The fourth-order valence-corrected chi connectivity index (χ4v) is 2.66. The van der Waals surface area contributed by atoms with Gasteiger partial charge in [-0.2, -0.15) is 70.2 Å². The van der Waals surface area contributed by atoms with Gasteiger partial charge in [0.15, 0.2) is 5.83 Å². The smallest absolute Gasteiger partial charge is 0.216 e. The van der Waals surface area contributed by atoms with Gasteiger partial charge >= 0.3 is 48.1 Å². The Balaban J connectivity index is 4.45. The molecule has 0 atom stereocenters. The largest absolute Gasteiger partial charge is 0.437 e. The zero-order valence-electron chi connectivity index (χ0n) is 13.1. The number of hydrogen-bond acceptors (Lipinski definition) is 0. The van der Waals surface area contributed by atoms with Crippen LogP contribution in [0.1, 0.15) is 0 Å². The van der Waals surface area contributed by atoms with Crippen LogP contribution in [-0.4, -0.2) is 48.1 Å². The van der Waals surface area contributed by atoms with Crippen molar-refractivity contribution in [3.63, 3.8) is 0 Å². The van der Waals surface area contributed by atoms with Crippen molar-refractivity contribution in [1.82, 2.24) is 0 Å². The van der Waals surface area contributed by atoms with E-state index in [-0.39, 0.29) is 0 Å². The first kappa shape index (κ1) is 27.4. The van der Waals surface area contributed by atoms with E-state index < -0.39 is 65.0 Å². The molecule has 0 nitrogen and oxygen atoms in total. The van der Waals surface area contributed by atoms with Gasteiger partial charge in [-0.25, -0.2) is 17.6 Å². The number of hydrogen-bond donors (Lipinski definition) is 0. The molecule has 0 aromatic heterocycles. The maximum Gasteiger partial charge on any atom is 0.437 e. The van der Waals surface area contributed by atoms with E-state index in [1.807, 2.05) is 0 Å². The van der Waals surface area contributed by atoms with Gasteiger partial charge in [0.1, 0.15) is 0 Å². The van der Waals surface area contributed by atoms with E-state index in [4.69, 9.17) is 0 Å². The van der Waals surface area contributed by atoms with Crippen molar-refractivity contribution in [2.75, 3.05) is 0 Å². The van der Waals surface area contributed by atoms with Crippen molar-refractivity contribution < 1.29 is 87.8 Å². The lowest BCUT2D eigenvalue weighted by Gasteiger charge is -2.53. The van der Waals surface area contributed by atoms with Crippen LogP contribution in [0.25, 0.3) is 0 Å². The third-order valence-electron chi connectivity index (χ3n) is 4.11. The topological polar surface area (TPSA) is 0 Å². The van der Waals surface area contributed by atoms with Gasteiger partial charge < -0.3 is 0 Å². The molecule has 0 radical (unpaired) electrons. The fraction of sp³-hybridized carbons (Fsp3) is 0.818. The molecule has 20 heteroatoms. The number of alkyl halides is 19. The Bertz CT molecular complexity index is 722. The zero-order valence-corrected chi connectivity index (χ0v) is 13.1. The summed E-state index contributed by atoms with van der Waals surface area (Å²) in [4.78, 5) is 0. The second kappa shape index (κ2) is 6.22. The molecule has 0 heterocycles. The molecular weight excluding hydrogens is 512 g/mol. The van der Waals surface area contributed by atoms with Gasteiger partial charge in [-0.05, 0) is 0 Å². The van der Waals surface area contributed by atoms with E-state index in [0.717, 1.165) is 0 Å². The summed E-state index contributed by atoms with van der Waals surface area (Å²) in [6, 6.07) is 0. The molecular formula is C11F20. The standard InChI is InChI=1S/C11F20/c12-2-1(4(13,14)5(2,15)16)3(8(20,21)22,9(23,24)25)7(18,19)6(17,10(26,27)28)11(29,30)31. The first-order valence-electron chi connectivity index (χ1n) is 6.53. The molecule has 0 spiro atoms. The average Bonchev–Trinajstić information content (AvgIpc) is 2.44. The van der Waals surface area contributed by atoms with Crippen molar-refractivity contribution in [3.8, 4) is 0 Å². The first-order valence-corrected chi connectivity index (χ1v) is 6.53. The van der Waals surface area contributed by atoms with Crippen LogP contribution < -0.4 is 0 Å². The SMILES string of the molecule is FC1=C(C(C(F)(F)F)(C(F)(F)F)C(F)(F)C(F)(C(F)(F)F)C(F)(F)F)C(F)(F)C1(F)F. The highest BCUT2D eigenvalue weighted by Crippen LogP contribution is 2.76. The minimum atomic E-state index is -9.19. The lowest BCUT2D eigenvalue weighted by Crippen LogP contribution is -2.79. The summed E-state index contributed by atoms with van der Waals surface area (Å²) >= 11 is 0. The van der Waals surface area contributed by atoms with Crippen LogP contribution in [0.2, 0.25) is 0 Å². The molecule has 184 valence electrons. The minimum absolute atomic E-state index is 4.78. The van der Waals surface area contributed by atoms with Crippen LogP contribution >= 0.6 is 0 Å². The van der Waals surface area contributed by atoms with Crippen molar-refractivity contribution in [2.45, 2.75) is 48.1 Å². The molecule has 0 aliphatic heterocycles. The van der Waals surface area contributed by atoms with Gasteiger partial charge in [-0.3, -0.25) is 0 Å². The van der Waals surface area contributed by atoms with Crippen molar-refractivity contribution >= 4 is 0 Å². The summed E-state index contributed by atoms with van der Waals surface area (Å²) in [5, 5.41) is 0. The molecule has 0 aromatic rings. The molecule has 31 heavy (non-hydrogen) atoms. The highest BCUT2D eigenvalue weighted by atomic mass is 19.4. The molecule has 0 fully saturated rings. The molecule has 0 amide bonds. The highest BCUT2D eigenvalue weighted by Gasteiger charge is 3.01. The number of halogens is 20. The van der Waals surface area contributed by atoms with E-state index in [1.54, 1.807) is 0 Å². The minimum Gasteiger partial charge on any atom is -0.216 e. The lowest BCUT2D eigenvalue weighted by molar-refractivity contribution is -0.470. The Morgan fingerprint density at radius 1 is 0.452 bits per heavy atom.